The number of anilines is 1. The Morgan fingerprint density at radius 1 is 1.06 bits per heavy atom. The van der Waals surface area contributed by atoms with E-state index < -0.39 is 0 Å². The zero-order chi connectivity index (χ0) is 21.2. The van der Waals surface area contributed by atoms with Gasteiger partial charge in [0, 0.05) is 30.2 Å². The van der Waals surface area contributed by atoms with Gasteiger partial charge in [-0.15, -0.1) is 0 Å². The lowest BCUT2D eigenvalue weighted by Gasteiger charge is -2.10. The fraction of sp³-hybridized carbons (Fsp3) is 0.0870. The number of phenolic OH excluding ortho intramolecular Hbond substituents is 1. The highest BCUT2D eigenvalue weighted by atomic mass is 16.5. The van der Waals surface area contributed by atoms with Gasteiger partial charge in [0.05, 0.1) is 23.9 Å². The average Bonchev–Trinajstić information content (AvgIpc) is 3.43. The fourth-order valence-electron chi connectivity index (χ4n) is 3.59. The summed E-state index contributed by atoms with van der Waals surface area (Å²) in [5.41, 5.74) is 9.45. The molecule has 31 heavy (non-hydrogen) atoms. The maximum absolute atomic E-state index is 9.94. The van der Waals surface area contributed by atoms with Crippen molar-refractivity contribution in [2.45, 2.75) is 6.54 Å². The van der Waals surface area contributed by atoms with Crippen LogP contribution in [-0.2, 0) is 6.54 Å². The van der Waals surface area contributed by atoms with Gasteiger partial charge in [-0.25, -0.2) is 15.0 Å². The number of nitrogens with zero attached hydrogens (tertiary/aromatic N) is 5. The predicted molar refractivity (Wildman–Crippen MR) is 118 cm³/mol. The molecule has 8 heteroatoms. The molecule has 0 atom stereocenters. The van der Waals surface area contributed by atoms with Crippen molar-refractivity contribution < 1.29 is 9.84 Å². The van der Waals surface area contributed by atoms with E-state index >= 15 is 0 Å². The third-order valence-electron chi connectivity index (χ3n) is 5.04. The summed E-state index contributed by atoms with van der Waals surface area (Å²) in [6, 6.07) is 14.8. The van der Waals surface area contributed by atoms with E-state index in [1.54, 1.807) is 30.7 Å². The largest absolute Gasteiger partial charge is 0.508 e. The SMILES string of the molecule is Nc1ncnc2c1c(-c1cccc(O)c1)cn2-c1cccc(OCCn2ccnc2)c1. The first kappa shape index (κ1) is 18.7. The van der Waals surface area contributed by atoms with Gasteiger partial charge in [-0.2, -0.15) is 0 Å². The molecule has 0 spiro atoms. The van der Waals surface area contributed by atoms with Crippen LogP contribution in [0.25, 0.3) is 27.8 Å². The number of imidazole rings is 1. The van der Waals surface area contributed by atoms with Gasteiger partial charge in [-0.1, -0.05) is 18.2 Å². The minimum Gasteiger partial charge on any atom is -0.508 e. The van der Waals surface area contributed by atoms with Crippen molar-refractivity contribution in [3.05, 3.63) is 79.8 Å². The van der Waals surface area contributed by atoms with Crippen LogP contribution < -0.4 is 10.5 Å². The van der Waals surface area contributed by atoms with Gasteiger partial charge in [0.15, 0.2) is 5.65 Å². The zero-order valence-electron chi connectivity index (χ0n) is 16.6. The molecule has 0 bridgehead atoms. The number of hydrogen-bond donors (Lipinski definition) is 2. The molecule has 3 N–H and O–H groups in total. The van der Waals surface area contributed by atoms with Crippen molar-refractivity contribution in [3.63, 3.8) is 0 Å². The highest BCUT2D eigenvalue weighted by Crippen LogP contribution is 2.35. The number of fused-ring (bicyclic) bond motifs is 1. The minimum atomic E-state index is 0.183. The van der Waals surface area contributed by atoms with Gasteiger partial charge < -0.3 is 24.7 Å². The van der Waals surface area contributed by atoms with Crippen molar-refractivity contribution in [1.29, 1.82) is 0 Å². The lowest BCUT2D eigenvalue weighted by Crippen LogP contribution is -2.06. The van der Waals surface area contributed by atoms with Crippen molar-refractivity contribution in [3.8, 4) is 28.3 Å². The molecule has 0 aliphatic carbocycles. The van der Waals surface area contributed by atoms with Gasteiger partial charge in [-0.3, -0.25) is 0 Å². The molecule has 5 aromatic rings. The summed E-state index contributed by atoms with van der Waals surface area (Å²) in [4.78, 5) is 12.7. The Kier molecular flexibility index (Phi) is 4.72. The Balaban J connectivity index is 1.52. The Hall–Kier alpha value is -4.33. The van der Waals surface area contributed by atoms with E-state index in [2.05, 4.69) is 15.0 Å². The Labute approximate surface area is 178 Å². The van der Waals surface area contributed by atoms with Gasteiger partial charge in [-0.05, 0) is 29.8 Å². The van der Waals surface area contributed by atoms with E-state index in [1.165, 1.54) is 6.33 Å². The quantitative estimate of drug-likeness (QED) is 0.441. The third-order valence-corrected chi connectivity index (χ3v) is 5.04. The van der Waals surface area contributed by atoms with Gasteiger partial charge in [0.2, 0.25) is 0 Å². The normalized spacial score (nSPS) is 11.1. The standard InChI is InChI=1S/C23H20N6O2/c24-22-21-20(16-3-1-5-18(30)11-16)13-29(23(21)27-14-26-22)17-4-2-6-19(12-17)31-10-9-28-8-7-25-15-28/h1-8,11-15,30H,9-10H2,(H2,24,26,27). The van der Waals surface area contributed by atoms with Crippen molar-refractivity contribution in [1.82, 2.24) is 24.1 Å². The van der Waals surface area contributed by atoms with Crippen LogP contribution in [0.5, 0.6) is 11.5 Å². The van der Waals surface area contributed by atoms with Crippen molar-refractivity contribution in [2.24, 2.45) is 0 Å². The molecule has 5 rings (SSSR count). The van der Waals surface area contributed by atoms with E-state index in [0.29, 0.717) is 24.6 Å². The van der Waals surface area contributed by atoms with Crippen molar-refractivity contribution in [2.75, 3.05) is 12.3 Å². The molecule has 0 aliphatic heterocycles. The lowest BCUT2D eigenvalue weighted by molar-refractivity contribution is 0.298. The minimum absolute atomic E-state index is 0.183. The van der Waals surface area contributed by atoms with Gasteiger partial charge in [0.25, 0.3) is 0 Å². The number of nitrogens with two attached hydrogens (primary N) is 1. The summed E-state index contributed by atoms with van der Waals surface area (Å²) in [7, 11) is 0. The van der Waals surface area contributed by atoms with Crippen LogP contribution in [0.1, 0.15) is 0 Å². The number of benzene rings is 2. The molecule has 154 valence electrons. The topological polar surface area (TPSA) is 104 Å². The van der Waals surface area contributed by atoms with E-state index in [-0.39, 0.29) is 5.75 Å². The van der Waals surface area contributed by atoms with Crippen LogP contribution in [0.4, 0.5) is 5.82 Å². The number of nitrogen functional groups attached to an aromatic ring is 1. The van der Waals surface area contributed by atoms with E-state index in [0.717, 1.165) is 28.0 Å². The highest BCUT2D eigenvalue weighted by Gasteiger charge is 2.16. The van der Waals surface area contributed by atoms with E-state index in [1.807, 2.05) is 51.9 Å². The third kappa shape index (κ3) is 3.66. The van der Waals surface area contributed by atoms with Gasteiger partial charge >= 0.3 is 0 Å². The second-order valence-electron chi connectivity index (χ2n) is 7.07. The first-order valence-electron chi connectivity index (χ1n) is 9.79. The van der Waals surface area contributed by atoms with E-state index in [9.17, 15) is 5.11 Å². The number of phenols is 1. The Morgan fingerprint density at radius 3 is 2.81 bits per heavy atom. The number of aromatic nitrogens is 5. The Bertz CT molecular complexity index is 1340. The molecule has 0 saturated carbocycles. The molecule has 3 heterocycles. The number of ether oxygens (including phenoxy) is 1. The summed E-state index contributed by atoms with van der Waals surface area (Å²) in [5, 5.41) is 10.7. The summed E-state index contributed by atoms with van der Waals surface area (Å²) >= 11 is 0. The molecule has 0 saturated heterocycles. The molecule has 0 aliphatic rings. The second-order valence-corrected chi connectivity index (χ2v) is 7.07. The highest BCUT2D eigenvalue weighted by molar-refractivity contribution is 6.01. The average molecular weight is 412 g/mol. The molecule has 0 amide bonds. The summed E-state index contributed by atoms with van der Waals surface area (Å²) in [5.74, 6) is 1.32. The van der Waals surface area contributed by atoms with E-state index in [4.69, 9.17) is 10.5 Å². The summed E-state index contributed by atoms with van der Waals surface area (Å²) in [6.45, 7) is 1.23. The maximum Gasteiger partial charge on any atom is 0.150 e. The lowest BCUT2D eigenvalue weighted by atomic mass is 10.1. The Morgan fingerprint density at radius 2 is 1.97 bits per heavy atom. The first-order valence-corrected chi connectivity index (χ1v) is 9.79. The predicted octanol–water partition coefficient (Wildman–Crippen LogP) is 3.65. The number of aromatic hydroxyl groups is 1. The number of rotatable bonds is 6. The van der Waals surface area contributed by atoms with Crippen LogP contribution in [0, 0.1) is 0 Å². The van der Waals surface area contributed by atoms with Crippen molar-refractivity contribution >= 4 is 16.9 Å². The van der Waals surface area contributed by atoms with Gasteiger partial charge in [0.1, 0.15) is 30.3 Å². The molecule has 8 nitrogen and oxygen atoms in total. The molecule has 0 unspecified atom stereocenters. The maximum atomic E-state index is 9.94. The van der Waals surface area contributed by atoms with Crippen LogP contribution in [0.15, 0.2) is 79.8 Å². The molecule has 0 radical (unpaired) electrons. The molecular weight excluding hydrogens is 392 g/mol. The summed E-state index contributed by atoms with van der Waals surface area (Å²) < 4.78 is 9.85. The molecular formula is C23H20N6O2. The fourth-order valence-corrected chi connectivity index (χ4v) is 3.59. The first-order chi connectivity index (χ1) is 15.2. The van der Waals surface area contributed by atoms with Crippen LogP contribution in [0.3, 0.4) is 0 Å². The molecule has 0 fully saturated rings. The van der Waals surface area contributed by atoms with Crippen LogP contribution >= 0.6 is 0 Å². The zero-order valence-corrected chi connectivity index (χ0v) is 16.6. The smallest absolute Gasteiger partial charge is 0.150 e. The molecule has 3 aromatic heterocycles. The summed E-state index contributed by atoms with van der Waals surface area (Å²) in [6.07, 6.45) is 8.81. The second kappa shape index (κ2) is 7.83. The van der Waals surface area contributed by atoms with Crippen LogP contribution in [0.2, 0.25) is 0 Å². The monoisotopic (exact) mass is 412 g/mol. The molecule has 2 aromatic carbocycles. The van der Waals surface area contributed by atoms with Crippen LogP contribution in [-0.4, -0.2) is 35.8 Å². The number of hydrogen-bond acceptors (Lipinski definition) is 6.